The number of nitrogens with zero attached hydrogens (tertiary/aromatic N) is 4. The van der Waals surface area contributed by atoms with Crippen molar-refractivity contribution in [3.63, 3.8) is 0 Å². The van der Waals surface area contributed by atoms with Gasteiger partial charge in [0.05, 0.1) is 17.6 Å². The second kappa shape index (κ2) is 9.09. The molecule has 0 saturated carbocycles. The number of hydrazone groups is 1. The van der Waals surface area contributed by atoms with Gasteiger partial charge in [-0.15, -0.1) is 0 Å². The van der Waals surface area contributed by atoms with Gasteiger partial charge in [-0.05, 0) is 35.9 Å². The van der Waals surface area contributed by atoms with E-state index in [1.165, 1.54) is 0 Å². The van der Waals surface area contributed by atoms with Crippen molar-refractivity contribution in [3.05, 3.63) is 90.5 Å². The van der Waals surface area contributed by atoms with Crippen LogP contribution in [-0.4, -0.2) is 35.4 Å². The van der Waals surface area contributed by atoms with Crippen LogP contribution in [0.2, 0.25) is 0 Å². The van der Waals surface area contributed by atoms with E-state index in [9.17, 15) is 5.11 Å². The Balaban J connectivity index is 1.65. The second-order valence-electron chi connectivity index (χ2n) is 7.20. The molecule has 0 spiro atoms. The summed E-state index contributed by atoms with van der Waals surface area (Å²) in [5.74, 6) is 0.511. The first-order valence-electron chi connectivity index (χ1n) is 9.89. The highest BCUT2D eigenvalue weighted by atomic mass is 16.3. The fourth-order valence-corrected chi connectivity index (χ4v) is 3.11. The van der Waals surface area contributed by atoms with E-state index in [0.717, 1.165) is 22.5 Å². The van der Waals surface area contributed by atoms with E-state index in [0.29, 0.717) is 17.2 Å². The number of rotatable bonds is 6. The van der Waals surface area contributed by atoms with Crippen molar-refractivity contribution in [2.45, 2.75) is 0 Å². The molecule has 0 aliphatic rings. The monoisotopic (exact) mass is 409 g/mol. The number of phenolic OH excluding ortho intramolecular Hbond substituents is 1. The molecule has 1 heterocycles. The zero-order chi connectivity index (χ0) is 21.6. The largest absolute Gasteiger partial charge is 0.507 e. The van der Waals surface area contributed by atoms with Gasteiger partial charge in [0.25, 0.3) is 0 Å². The predicted octanol–water partition coefficient (Wildman–Crippen LogP) is 5.03. The van der Waals surface area contributed by atoms with Crippen molar-refractivity contribution in [1.29, 1.82) is 0 Å². The molecule has 0 bridgehead atoms. The minimum atomic E-state index is 0.163. The summed E-state index contributed by atoms with van der Waals surface area (Å²) < 4.78 is 0. The Kier molecular flexibility index (Phi) is 5.89. The molecule has 6 heteroatoms. The molecule has 1 aromatic heterocycles. The molecule has 0 saturated heterocycles. The predicted molar refractivity (Wildman–Crippen MR) is 127 cm³/mol. The summed E-state index contributed by atoms with van der Waals surface area (Å²) in [7, 11) is 4.01. The molecule has 0 radical (unpaired) electrons. The Morgan fingerprint density at radius 2 is 1.52 bits per heavy atom. The highest BCUT2D eigenvalue weighted by Gasteiger charge is 2.11. The lowest BCUT2D eigenvalue weighted by molar-refractivity contribution is 0.477. The normalized spacial score (nSPS) is 10.9. The Morgan fingerprint density at radius 1 is 0.839 bits per heavy atom. The number of aromatic hydroxyl groups is 1. The summed E-state index contributed by atoms with van der Waals surface area (Å²) in [6.45, 7) is 0. The van der Waals surface area contributed by atoms with Gasteiger partial charge in [-0.3, -0.25) is 0 Å². The van der Waals surface area contributed by atoms with Gasteiger partial charge in [-0.2, -0.15) is 5.10 Å². The molecule has 3 aromatic carbocycles. The number of hydrogen-bond donors (Lipinski definition) is 2. The zero-order valence-corrected chi connectivity index (χ0v) is 17.4. The lowest BCUT2D eigenvalue weighted by atomic mass is 10.1. The van der Waals surface area contributed by atoms with Gasteiger partial charge in [0.2, 0.25) is 5.95 Å². The molecular formula is C25H23N5O. The molecule has 0 fully saturated rings. The Bertz CT molecular complexity index is 1190. The molecule has 154 valence electrons. The molecule has 2 N–H and O–H groups in total. The molecule has 6 nitrogen and oxygen atoms in total. The van der Waals surface area contributed by atoms with Crippen LogP contribution in [-0.2, 0) is 0 Å². The topological polar surface area (TPSA) is 73.6 Å². The minimum Gasteiger partial charge on any atom is -0.507 e. The van der Waals surface area contributed by atoms with Crippen molar-refractivity contribution in [2.75, 3.05) is 24.4 Å². The van der Waals surface area contributed by atoms with Crippen LogP contribution in [0, 0.1) is 0 Å². The third kappa shape index (κ3) is 4.87. The highest BCUT2D eigenvalue weighted by molar-refractivity contribution is 5.81. The lowest BCUT2D eigenvalue weighted by Gasteiger charge is -2.11. The maximum atomic E-state index is 10.3. The van der Waals surface area contributed by atoms with Gasteiger partial charge < -0.3 is 10.0 Å². The first-order chi connectivity index (χ1) is 15.1. The fraction of sp³-hybridized carbons (Fsp3) is 0.0800. The lowest BCUT2D eigenvalue weighted by Crippen LogP contribution is -2.08. The van der Waals surface area contributed by atoms with Crippen molar-refractivity contribution in [1.82, 2.24) is 9.97 Å². The number of benzene rings is 3. The first-order valence-corrected chi connectivity index (χ1v) is 9.89. The fourth-order valence-electron chi connectivity index (χ4n) is 3.11. The smallest absolute Gasteiger partial charge is 0.244 e. The maximum absolute atomic E-state index is 10.3. The van der Waals surface area contributed by atoms with Crippen LogP contribution in [0.5, 0.6) is 5.75 Å². The van der Waals surface area contributed by atoms with Gasteiger partial charge in [0.15, 0.2) is 0 Å². The summed E-state index contributed by atoms with van der Waals surface area (Å²) in [6, 6.07) is 26.9. The summed E-state index contributed by atoms with van der Waals surface area (Å²) in [4.78, 5) is 11.2. The Hall–Kier alpha value is -4.19. The van der Waals surface area contributed by atoms with Gasteiger partial charge in [0, 0.05) is 30.9 Å². The maximum Gasteiger partial charge on any atom is 0.244 e. The molecule has 0 atom stereocenters. The summed E-state index contributed by atoms with van der Waals surface area (Å²) >= 11 is 0. The van der Waals surface area contributed by atoms with Crippen LogP contribution < -0.4 is 10.3 Å². The SMILES string of the molecule is CN(C)c1ccc(/C=N\Nc2nc(-c3ccccc3)cc(-c3ccccc3O)n2)cc1. The van der Waals surface area contributed by atoms with E-state index < -0.39 is 0 Å². The number of phenols is 1. The highest BCUT2D eigenvalue weighted by Crippen LogP contribution is 2.30. The molecule has 0 aliphatic heterocycles. The molecule has 4 aromatic rings. The van der Waals surface area contributed by atoms with Crippen molar-refractivity contribution < 1.29 is 5.11 Å². The molecule has 31 heavy (non-hydrogen) atoms. The summed E-state index contributed by atoms with van der Waals surface area (Å²) in [5, 5.41) is 14.6. The molecule has 0 amide bonds. The van der Waals surface area contributed by atoms with Crippen LogP contribution >= 0.6 is 0 Å². The third-order valence-corrected chi connectivity index (χ3v) is 4.76. The first kappa shape index (κ1) is 20.1. The van der Waals surface area contributed by atoms with Crippen LogP contribution in [0.15, 0.2) is 90.0 Å². The van der Waals surface area contributed by atoms with Crippen LogP contribution in [0.1, 0.15) is 5.56 Å². The van der Waals surface area contributed by atoms with Crippen molar-refractivity contribution >= 4 is 17.9 Å². The van der Waals surface area contributed by atoms with Crippen molar-refractivity contribution in [2.24, 2.45) is 5.10 Å². The zero-order valence-electron chi connectivity index (χ0n) is 17.4. The van der Waals surface area contributed by atoms with Crippen molar-refractivity contribution in [3.8, 4) is 28.3 Å². The molecular weight excluding hydrogens is 386 g/mol. The third-order valence-electron chi connectivity index (χ3n) is 4.76. The average molecular weight is 409 g/mol. The summed E-state index contributed by atoms with van der Waals surface area (Å²) in [6.07, 6.45) is 1.72. The van der Waals surface area contributed by atoms with Gasteiger partial charge in [-0.1, -0.05) is 54.6 Å². The van der Waals surface area contributed by atoms with Crippen LogP contribution in [0.3, 0.4) is 0 Å². The number of nitrogens with one attached hydrogen (secondary N) is 1. The Morgan fingerprint density at radius 3 is 2.23 bits per heavy atom. The van der Waals surface area contributed by atoms with E-state index in [1.54, 1.807) is 18.3 Å². The average Bonchev–Trinajstić information content (AvgIpc) is 2.80. The quantitative estimate of drug-likeness (QED) is 0.345. The standard InChI is InChI=1S/C25H23N5O/c1-30(2)20-14-12-18(13-15-20)17-26-29-25-27-22(19-8-4-3-5-9-19)16-23(28-25)21-10-6-7-11-24(21)31/h3-17,31H,1-2H3,(H,27,28,29)/b26-17-. The van der Waals surface area contributed by atoms with Gasteiger partial charge in [0.1, 0.15) is 5.75 Å². The van der Waals surface area contributed by atoms with Gasteiger partial charge >= 0.3 is 0 Å². The van der Waals surface area contributed by atoms with E-state index in [4.69, 9.17) is 0 Å². The Labute approximate surface area is 181 Å². The number of aromatic nitrogens is 2. The van der Waals surface area contributed by atoms with E-state index >= 15 is 0 Å². The summed E-state index contributed by atoms with van der Waals surface area (Å²) in [5.41, 5.74) is 7.94. The molecule has 0 aliphatic carbocycles. The number of hydrogen-bond acceptors (Lipinski definition) is 6. The molecule has 0 unspecified atom stereocenters. The van der Waals surface area contributed by atoms with E-state index in [2.05, 4.69) is 20.5 Å². The number of anilines is 2. The van der Waals surface area contributed by atoms with E-state index in [-0.39, 0.29) is 5.75 Å². The van der Waals surface area contributed by atoms with Crippen LogP contribution in [0.4, 0.5) is 11.6 Å². The molecule has 4 rings (SSSR count). The second-order valence-corrected chi connectivity index (χ2v) is 7.20. The van der Waals surface area contributed by atoms with Crippen LogP contribution in [0.25, 0.3) is 22.5 Å². The number of para-hydroxylation sites is 1. The van der Waals surface area contributed by atoms with E-state index in [1.807, 2.05) is 91.8 Å². The van der Waals surface area contributed by atoms with Gasteiger partial charge in [-0.25, -0.2) is 15.4 Å². The minimum absolute atomic E-state index is 0.163.